The van der Waals surface area contributed by atoms with Crippen LogP contribution in [0, 0.1) is 0 Å². The molecule has 6 nitrogen and oxygen atoms in total. The summed E-state index contributed by atoms with van der Waals surface area (Å²) in [5.41, 5.74) is 20.1. The number of hydrogen-bond donors (Lipinski definition) is 0. The van der Waals surface area contributed by atoms with Gasteiger partial charge in [0.15, 0.2) is 0 Å². The topological polar surface area (TPSA) is 22.8 Å². The van der Waals surface area contributed by atoms with Gasteiger partial charge in [0.1, 0.15) is 0 Å². The molecular formula is C78H50N6. The SMILES string of the molecule is c1ccc(N2c3ccccc3N(c3ccc4c5ccccc5c5ccc(N6c7ccccc7N(c7ccccc7)c7cc(-n8c9ccccc9c9ccccc98)ccc76)cc5c4c3)c3ccc(-n4c5ccccc5c5ccccc54)cc32)cc1. The Morgan fingerprint density at radius 1 is 0.143 bits per heavy atom. The van der Waals surface area contributed by atoms with Gasteiger partial charge in [-0.15, -0.1) is 0 Å². The number of hydrogen-bond acceptors (Lipinski definition) is 4. The second kappa shape index (κ2) is 18.1. The molecule has 2 aliphatic rings. The first-order chi connectivity index (χ1) is 41.7. The number of rotatable bonds is 6. The van der Waals surface area contributed by atoms with Crippen LogP contribution in [-0.2, 0) is 0 Å². The lowest BCUT2D eigenvalue weighted by Gasteiger charge is -2.41. The summed E-state index contributed by atoms with van der Waals surface area (Å²) in [6.45, 7) is 0. The predicted octanol–water partition coefficient (Wildman–Crippen LogP) is 21.8. The van der Waals surface area contributed by atoms with E-state index in [9.17, 15) is 0 Å². The van der Waals surface area contributed by atoms with Gasteiger partial charge in [-0.05, 0) is 166 Å². The maximum atomic E-state index is 2.48. The normalized spacial score (nSPS) is 12.9. The number of benzene rings is 14. The molecule has 6 heteroatoms. The largest absolute Gasteiger partial charge is 0.309 e. The number of para-hydroxylation sites is 10. The van der Waals surface area contributed by atoms with Crippen molar-refractivity contribution in [3.8, 4) is 11.4 Å². The Hall–Kier alpha value is -11.3. The molecule has 2 aliphatic heterocycles. The zero-order valence-corrected chi connectivity index (χ0v) is 45.6. The van der Waals surface area contributed by atoms with Gasteiger partial charge in [0.25, 0.3) is 0 Å². The fourth-order valence-corrected chi connectivity index (χ4v) is 14.1. The lowest BCUT2D eigenvalue weighted by molar-refractivity contribution is 1.14. The van der Waals surface area contributed by atoms with Gasteiger partial charge in [-0.2, -0.15) is 0 Å². The molecule has 0 atom stereocenters. The number of anilines is 12. The van der Waals surface area contributed by atoms with Crippen LogP contribution in [0.15, 0.2) is 303 Å². The molecule has 2 aromatic heterocycles. The molecule has 0 saturated heterocycles. The minimum atomic E-state index is 1.08. The molecule has 0 unspecified atom stereocenters. The van der Waals surface area contributed by atoms with Crippen LogP contribution in [0.2, 0.25) is 0 Å². The molecule has 0 aliphatic carbocycles. The fourth-order valence-electron chi connectivity index (χ4n) is 14.1. The molecule has 14 aromatic carbocycles. The van der Waals surface area contributed by atoms with E-state index in [1.165, 1.54) is 75.9 Å². The predicted molar refractivity (Wildman–Crippen MR) is 353 cm³/mol. The van der Waals surface area contributed by atoms with Crippen LogP contribution >= 0.6 is 0 Å². The first-order valence-corrected chi connectivity index (χ1v) is 28.8. The van der Waals surface area contributed by atoms with E-state index in [4.69, 9.17) is 0 Å². The Labute approximate surface area is 485 Å². The second-order valence-corrected chi connectivity index (χ2v) is 22.1. The Bertz CT molecular complexity index is 4930. The standard InChI is InChI=1S/C78H50N6/c1-3-21-51(22-4-1)79-71-35-17-19-37-73(71)83(75-45-41-55(49-77(75)79)81-67-31-13-9-27-61(67)62-28-10-14-32-68(62)81)53-39-43-59-57-25-7-8-26-58(57)60-44-40-54(48-66(60)65(59)47-53)84-74-38-20-18-36-72(74)80(52-23-5-2-6-24-52)78-50-56(42-46-76(78)84)82-69-33-15-11-29-63(69)64-30-12-16-34-70(64)82/h1-50H. The maximum Gasteiger partial charge on any atom is 0.0724 e. The van der Waals surface area contributed by atoms with E-state index < -0.39 is 0 Å². The molecule has 0 fully saturated rings. The number of fused-ring (bicyclic) bond motifs is 16. The summed E-state index contributed by atoms with van der Waals surface area (Å²) in [6, 6.07) is 112. The van der Waals surface area contributed by atoms with Crippen LogP contribution in [0.1, 0.15) is 0 Å². The van der Waals surface area contributed by atoms with Crippen LogP contribution in [0.5, 0.6) is 0 Å². The highest BCUT2D eigenvalue weighted by molar-refractivity contribution is 6.27. The van der Waals surface area contributed by atoms with E-state index in [2.05, 4.69) is 332 Å². The Kier molecular flexibility index (Phi) is 9.99. The van der Waals surface area contributed by atoms with Crippen molar-refractivity contribution in [2.24, 2.45) is 0 Å². The smallest absolute Gasteiger partial charge is 0.0724 e. The van der Waals surface area contributed by atoms with E-state index in [1.54, 1.807) is 0 Å². The van der Waals surface area contributed by atoms with Gasteiger partial charge in [0.05, 0.1) is 67.6 Å². The lowest BCUT2D eigenvalue weighted by atomic mass is 9.93. The molecule has 18 rings (SSSR count). The van der Waals surface area contributed by atoms with Crippen molar-refractivity contribution >= 4 is 144 Å². The molecule has 0 bridgehead atoms. The summed E-state index contributed by atoms with van der Waals surface area (Å²) >= 11 is 0. The summed E-state index contributed by atoms with van der Waals surface area (Å²) in [6.07, 6.45) is 0. The van der Waals surface area contributed by atoms with E-state index in [1.807, 2.05) is 0 Å². The second-order valence-electron chi connectivity index (χ2n) is 22.1. The minimum absolute atomic E-state index is 1.08. The van der Waals surface area contributed by atoms with Crippen molar-refractivity contribution in [1.82, 2.24) is 9.13 Å². The van der Waals surface area contributed by atoms with E-state index >= 15 is 0 Å². The average Bonchev–Trinajstić information content (AvgIpc) is 2.62. The third-order valence-corrected chi connectivity index (χ3v) is 17.6. The molecular weight excluding hydrogens is 1020 g/mol. The Morgan fingerprint density at radius 2 is 0.405 bits per heavy atom. The van der Waals surface area contributed by atoms with Crippen molar-refractivity contribution in [2.45, 2.75) is 0 Å². The molecule has 0 N–H and O–H groups in total. The van der Waals surface area contributed by atoms with Gasteiger partial charge >= 0.3 is 0 Å². The highest BCUT2D eigenvalue weighted by atomic mass is 15.3. The summed E-state index contributed by atoms with van der Waals surface area (Å²) in [7, 11) is 0. The zero-order chi connectivity index (χ0) is 55.0. The van der Waals surface area contributed by atoms with Crippen LogP contribution in [-0.4, -0.2) is 9.13 Å². The zero-order valence-electron chi connectivity index (χ0n) is 45.6. The van der Waals surface area contributed by atoms with E-state index in [0.29, 0.717) is 0 Å². The molecule has 392 valence electrons. The van der Waals surface area contributed by atoms with Crippen molar-refractivity contribution in [3.05, 3.63) is 303 Å². The van der Waals surface area contributed by atoms with Gasteiger partial charge < -0.3 is 28.7 Å². The van der Waals surface area contributed by atoms with Crippen molar-refractivity contribution < 1.29 is 0 Å². The third-order valence-electron chi connectivity index (χ3n) is 17.6. The van der Waals surface area contributed by atoms with Crippen molar-refractivity contribution in [1.29, 1.82) is 0 Å². The summed E-state index contributed by atoms with van der Waals surface area (Å²) in [5.74, 6) is 0. The highest BCUT2D eigenvalue weighted by Crippen LogP contribution is 2.58. The van der Waals surface area contributed by atoms with Gasteiger partial charge in [-0.25, -0.2) is 0 Å². The fraction of sp³-hybridized carbons (Fsp3) is 0. The Morgan fingerprint density at radius 3 is 0.762 bits per heavy atom. The van der Waals surface area contributed by atoms with E-state index in [-0.39, 0.29) is 0 Å². The van der Waals surface area contributed by atoms with Crippen LogP contribution in [0.4, 0.5) is 68.2 Å². The molecule has 84 heavy (non-hydrogen) atoms. The van der Waals surface area contributed by atoms with Gasteiger partial charge in [-0.1, -0.05) is 170 Å². The summed E-state index contributed by atoms with van der Waals surface area (Å²) < 4.78 is 4.85. The van der Waals surface area contributed by atoms with Crippen LogP contribution < -0.4 is 19.6 Å². The molecule has 4 heterocycles. The monoisotopic (exact) mass is 1070 g/mol. The van der Waals surface area contributed by atoms with Crippen molar-refractivity contribution in [3.63, 3.8) is 0 Å². The molecule has 0 radical (unpaired) electrons. The van der Waals surface area contributed by atoms with Crippen molar-refractivity contribution in [2.75, 3.05) is 19.6 Å². The highest BCUT2D eigenvalue weighted by Gasteiger charge is 2.34. The first-order valence-electron chi connectivity index (χ1n) is 28.8. The van der Waals surface area contributed by atoms with Gasteiger partial charge in [-0.3, -0.25) is 0 Å². The molecule has 0 amide bonds. The molecule has 0 saturated carbocycles. The van der Waals surface area contributed by atoms with E-state index in [0.717, 1.165) is 79.6 Å². The van der Waals surface area contributed by atoms with Crippen LogP contribution in [0.3, 0.4) is 0 Å². The summed E-state index contributed by atoms with van der Waals surface area (Å²) in [4.78, 5) is 9.84. The Balaban J connectivity index is 0.855. The average molecular weight is 1070 g/mol. The first kappa shape index (κ1) is 46.4. The third kappa shape index (κ3) is 6.73. The van der Waals surface area contributed by atoms with Gasteiger partial charge in [0.2, 0.25) is 0 Å². The minimum Gasteiger partial charge on any atom is -0.309 e. The van der Waals surface area contributed by atoms with Crippen LogP contribution in [0.25, 0.3) is 87.3 Å². The maximum absolute atomic E-state index is 2.48. The van der Waals surface area contributed by atoms with Gasteiger partial charge in [0, 0.05) is 55.7 Å². The molecule has 0 spiro atoms. The molecule has 16 aromatic rings. The number of nitrogens with zero attached hydrogens (tertiary/aromatic N) is 6. The number of aromatic nitrogens is 2. The quantitative estimate of drug-likeness (QED) is 0.155. The lowest BCUT2D eigenvalue weighted by Crippen LogP contribution is -2.24. The summed E-state index contributed by atoms with van der Waals surface area (Å²) in [5, 5.41) is 12.2.